The average Bonchev–Trinajstić information content (AvgIpc) is 3.09. The maximum atomic E-state index is 12.2. The summed E-state index contributed by atoms with van der Waals surface area (Å²) in [6.07, 6.45) is 3.44. The van der Waals surface area contributed by atoms with Crippen LogP contribution in [0.2, 0.25) is 0 Å². The molecule has 0 radical (unpaired) electrons. The summed E-state index contributed by atoms with van der Waals surface area (Å²) in [5.41, 5.74) is 1.99. The monoisotopic (exact) mass is 314 g/mol. The number of ketones is 1. The summed E-state index contributed by atoms with van der Waals surface area (Å²) in [6, 6.07) is 23.3. The molecule has 0 aliphatic heterocycles. The Balaban J connectivity index is 1.71. The lowest BCUT2D eigenvalue weighted by atomic mass is 10.2. The second kappa shape index (κ2) is 7.40. The van der Waals surface area contributed by atoms with Gasteiger partial charge >= 0.3 is 0 Å². The molecule has 3 rings (SSSR count). The van der Waals surface area contributed by atoms with Crippen molar-refractivity contribution in [2.75, 3.05) is 0 Å². The number of rotatable bonds is 3. The smallest absolute Gasteiger partial charge is 0.195 e. The summed E-state index contributed by atoms with van der Waals surface area (Å²) in [5, 5.41) is 0. The van der Waals surface area contributed by atoms with E-state index in [1.54, 1.807) is 6.08 Å². The molecule has 0 aliphatic carbocycles. The number of benzene rings is 2. The molecular weight excluding hydrogens is 300 g/mol. The zero-order valence-corrected chi connectivity index (χ0v) is 13.2. The highest BCUT2D eigenvalue weighted by Gasteiger charge is 2.05. The molecule has 0 aliphatic rings. The number of allylic oxidation sites excluding steroid dienone is 1. The molecular formula is C21H14OS. The van der Waals surface area contributed by atoms with Crippen molar-refractivity contribution >= 4 is 23.2 Å². The first kappa shape index (κ1) is 15.0. The van der Waals surface area contributed by atoms with Crippen LogP contribution in [-0.4, -0.2) is 5.78 Å². The Labute approximate surface area is 139 Å². The second-order valence-corrected chi connectivity index (χ2v) is 5.97. The quantitative estimate of drug-likeness (QED) is 0.376. The van der Waals surface area contributed by atoms with Crippen LogP contribution in [0.1, 0.15) is 25.7 Å². The topological polar surface area (TPSA) is 17.1 Å². The van der Waals surface area contributed by atoms with Crippen molar-refractivity contribution in [1.29, 1.82) is 0 Å². The van der Waals surface area contributed by atoms with Crippen molar-refractivity contribution in [3.63, 3.8) is 0 Å². The summed E-state index contributed by atoms with van der Waals surface area (Å²) >= 11 is 1.42. The summed E-state index contributed by atoms with van der Waals surface area (Å²) in [4.78, 5) is 13.8. The van der Waals surface area contributed by atoms with Crippen molar-refractivity contribution in [1.82, 2.24) is 0 Å². The molecule has 0 atom stereocenters. The molecule has 0 N–H and O–H groups in total. The molecule has 1 nitrogen and oxygen atoms in total. The molecule has 0 unspecified atom stereocenters. The molecule has 0 saturated carbocycles. The van der Waals surface area contributed by atoms with E-state index in [4.69, 9.17) is 0 Å². The number of thiophene rings is 1. The minimum Gasteiger partial charge on any atom is -0.288 e. The standard InChI is InChI=1S/C21H14OS/c22-20(15-12-18-9-5-2-6-10-18)21-16-14-19(23-21)13-11-17-7-3-1-4-8-17/h1-10,12,14-16H/b15-12-. The fourth-order valence-electron chi connectivity index (χ4n) is 2.01. The van der Waals surface area contributed by atoms with Crippen molar-refractivity contribution in [3.8, 4) is 11.8 Å². The second-order valence-electron chi connectivity index (χ2n) is 4.89. The number of carbonyl (C=O) groups excluding carboxylic acids is 1. The van der Waals surface area contributed by atoms with Crippen LogP contribution < -0.4 is 0 Å². The SMILES string of the molecule is O=C(/C=C\c1ccccc1)c1ccc(C#Cc2ccccc2)s1. The minimum atomic E-state index is 0.00612. The van der Waals surface area contributed by atoms with Gasteiger partial charge in [0.2, 0.25) is 0 Å². The van der Waals surface area contributed by atoms with Crippen LogP contribution in [0.4, 0.5) is 0 Å². The Bertz CT molecular complexity index is 878. The molecule has 1 heterocycles. The Morgan fingerprint density at radius 3 is 2.26 bits per heavy atom. The van der Waals surface area contributed by atoms with Crippen molar-refractivity contribution < 1.29 is 4.79 Å². The van der Waals surface area contributed by atoms with Crippen LogP contribution in [0.15, 0.2) is 78.9 Å². The zero-order chi connectivity index (χ0) is 15.9. The maximum absolute atomic E-state index is 12.2. The van der Waals surface area contributed by atoms with Gasteiger partial charge in [0.25, 0.3) is 0 Å². The maximum Gasteiger partial charge on any atom is 0.195 e. The van der Waals surface area contributed by atoms with E-state index >= 15 is 0 Å². The Hall–Kier alpha value is -2.89. The van der Waals surface area contributed by atoms with Gasteiger partial charge in [0.15, 0.2) is 5.78 Å². The normalized spacial score (nSPS) is 10.3. The summed E-state index contributed by atoms with van der Waals surface area (Å²) in [5.74, 6) is 6.21. The molecule has 2 aromatic carbocycles. The van der Waals surface area contributed by atoms with Crippen molar-refractivity contribution in [3.05, 3.63) is 99.8 Å². The Morgan fingerprint density at radius 2 is 1.52 bits per heavy atom. The predicted molar refractivity (Wildman–Crippen MR) is 96.5 cm³/mol. The van der Waals surface area contributed by atoms with E-state index in [9.17, 15) is 4.79 Å². The van der Waals surface area contributed by atoms with E-state index in [0.717, 1.165) is 16.0 Å². The first-order chi connectivity index (χ1) is 11.3. The molecule has 2 heteroatoms. The number of hydrogen-bond donors (Lipinski definition) is 0. The average molecular weight is 314 g/mol. The zero-order valence-electron chi connectivity index (χ0n) is 12.4. The highest BCUT2D eigenvalue weighted by Crippen LogP contribution is 2.17. The molecule has 110 valence electrons. The van der Waals surface area contributed by atoms with Crippen LogP contribution >= 0.6 is 11.3 Å². The van der Waals surface area contributed by atoms with E-state index in [-0.39, 0.29) is 5.78 Å². The molecule has 0 saturated heterocycles. The highest BCUT2D eigenvalue weighted by atomic mass is 32.1. The van der Waals surface area contributed by atoms with Gasteiger partial charge in [0.05, 0.1) is 9.75 Å². The van der Waals surface area contributed by atoms with Gasteiger partial charge in [-0.05, 0) is 35.9 Å². The number of hydrogen-bond acceptors (Lipinski definition) is 2. The third-order valence-corrected chi connectivity index (χ3v) is 4.19. The van der Waals surface area contributed by atoms with Gasteiger partial charge in [0.1, 0.15) is 0 Å². The van der Waals surface area contributed by atoms with Crippen LogP contribution in [0.5, 0.6) is 0 Å². The van der Waals surface area contributed by atoms with Crippen LogP contribution in [-0.2, 0) is 0 Å². The van der Waals surface area contributed by atoms with E-state index < -0.39 is 0 Å². The van der Waals surface area contributed by atoms with E-state index in [1.807, 2.05) is 78.9 Å². The van der Waals surface area contributed by atoms with E-state index in [0.29, 0.717) is 4.88 Å². The number of carbonyl (C=O) groups is 1. The van der Waals surface area contributed by atoms with Crippen LogP contribution in [0, 0.1) is 11.8 Å². The lowest BCUT2D eigenvalue weighted by Gasteiger charge is -1.91. The third-order valence-electron chi connectivity index (χ3n) is 3.18. The Kier molecular flexibility index (Phi) is 4.83. The molecule has 0 fully saturated rings. The molecule has 23 heavy (non-hydrogen) atoms. The fourth-order valence-corrected chi connectivity index (χ4v) is 2.79. The van der Waals surface area contributed by atoms with Gasteiger partial charge in [0, 0.05) is 5.56 Å². The molecule has 0 amide bonds. The predicted octanol–water partition coefficient (Wildman–Crippen LogP) is 5.04. The summed E-state index contributed by atoms with van der Waals surface area (Å²) in [6.45, 7) is 0. The fraction of sp³-hybridized carbons (Fsp3) is 0. The van der Waals surface area contributed by atoms with E-state index in [1.165, 1.54) is 11.3 Å². The van der Waals surface area contributed by atoms with E-state index in [2.05, 4.69) is 11.8 Å². The summed E-state index contributed by atoms with van der Waals surface area (Å²) < 4.78 is 0. The molecule has 3 aromatic rings. The van der Waals surface area contributed by atoms with Crippen LogP contribution in [0.25, 0.3) is 6.08 Å². The van der Waals surface area contributed by atoms with Gasteiger partial charge in [-0.1, -0.05) is 66.4 Å². The third kappa shape index (κ3) is 4.29. The van der Waals surface area contributed by atoms with Gasteiger partial charge in [-0.3, -0.25) is 4.79 Å². The van der Waals surface area contributed by atoms with Gasteiger partial charge in [-0.25, -0.2) is 0 Å². The van der Waals surface area contributed by atoms with Gasteiger partial charge < -0.3 is 0 Å². The van der Waals surface area contributed by atoms with Gasteiger partial charge in [-0.2, -0.15) is 0 Å². The molecule has 0 bridgehead atoms. The first-order valence-corrected chi connectivity index (χ1v) is 8.07. The summed E-state index contributed by atoms with van der Waals surface area (Å²) in [7, 11) is 0. The lowest BCUT2D eigenvalue weighted by Crippen LogP contribution is -1.88. The molecule has 0 spiro atoms. The highest BCUT2D eigenvalue weighted by molar-refractivity contribution is 7.14. The first-order valence-electron chi connectivity index (χ1n) is 7.26. The Morgan fingerprint density at radius 1 is 0.826 bits per heavy atom. The van der Waals surface area contributed by atoms with Crippen LogP contribution in [0.3, 0.4) is 0 Å². The largest absolute Gasteiger partial charge is 0.288 e. The molecule has 1 aromatic heterocycles. The van der Waals surface area contributed by atoms with Crippen molar-refractivity contribution in [2.45, 2.75) is 0 Å². The van der Waals surface area contributed by atoms with Crippen molar-refractivity contribution in [2.24, 2.45) is 0 Å². The van der Waals surface area contributed by atoms with Gasteiger partial charge in [-0.15, -0.1) is 11.3 Å². The lowest BCUT2D eigenvalue weighted by molar-refractivity contribution is 0.105. The minimum absolute atomic E-state index is 0.00612.